The Balaban J connectivity index is 1.84. The smallest absolute Gasteiger partial charge is 0.317 e. The number of likely N-dealkylation sites (tertiary alicyclic amines) is 1. The molecule has 2 amide bonds. The van der Waals surface area contributed by atoms with Crippen LogP contribution in [-0.2, 0) is 9.53 Å². The molecule has 2 N–H and O–H groups in total. The highest BCUT2D eigenvalue weighted by Gasteiger charge is 2.38. The fraction of sp³-hybridized carbons (Fsp3) is 0.867. The van der Waals surface area contributed by atoms with Crippen molar-refractivity contribution in [3.63, 3.8) is 0 Å². The van der Waals surface area contributed by atoms with Crippen LogP contribution in [-0.4, -0.2) is 53.8 Å². The summed E-state index contributed by atoms with van der Waals surface area (Å²) in [6.07, 6.45) is 6.75. The van der Waals surface area contributed by atoms with Crippen LogP contribution >= 0.6 is 0 Å². The van der Waals surface area contributed by atoms with Crippen LogP contribution in [0.3, 0.4) is 0 Å². The average Bonchev–Trinajstić information content (AvgIpc) is 2.44. The Labute approximate surface area is 125 Å². The molecule has 1 heterocycles. The van der Waals surface area contributed by atoms with Crippen molar-refractivity contribution < 1.29 is 19.4 Å². The predicted molar refractivity (Wildman–Crippen MR) is 78.2 cm³/mol. The molecule has 120 valence electrons. The first kappa shape index (κ1) is 16.1. The highest BCUT2D eigenvalue weighted by molar-refractivity contribution is 5.75. The van der Waals surface area contributed by atoms with Crippen LogP contribution in [0, 0.1) is 0 Å². The van der Waals surface area contributed by atoms with E-state index in [4.69, 9.17) is 9.84 Å². The molecule has 0 spiro atoms. The maximum atomic E-state index is 12.4. The van der Waals surface area contributed by atoms with E-state index in [0.29, 0.717) is 13.0 Å². The van der Waals surface area contributed by atoms with Crippen LogP contribution in [0.1, 0.15) is 51.4 Å². The summed E-state index contributed by atoms with van der Waals surface area (Å²) in [7, 11) is 1.70. The zero-order valence-corrected chi connectivity index (χ0v) is 12.8. The number of hydrogen-bond donors (Lipinski definition) is 2. The summed E-state index contributed by atoms with van der Waals surface area (Å²) >= 11 is 0. The molecule has 1 saturated carbocycles. The van der Waals surface area contributed by atoms with Gasteiger partial charge in [0.1, 0.15) is 0 Å². The molecule has 1 aliphatic heterocycles. The third-order valence-corrected chi connectivity index (χ3v) is 4.84. The topological polar surface area (TPSA) is 78.9 Å². The number of hydrogen-bond acceptors (Lipinski definition) is 3. The van der Waals surface area contributed by atoms with Gasteiger partial charge in [-0.3, -0.25) is 4.79 Å². The molecule has 0 radical (unpaired) electrons. The van der Waals surface area contributed by atoms with Gasteiger partial charge in [0, 0.05) is 32.7 Å². The SMILES string of the molecule is COC1(CNC(=O)N2CCCCC2CCC(=O)O)CCC1. The number of nitrogens with one attached hydrogen (secondary N) is 1. The number of carbonyl (C=O) groups is 2. The van der Waals surface area contributed by atoms with Crippen molar-refractivity contribution in [1.82, 2.24) is 10.2 Å². The van der Waals surface area contributed by atoms with Crippen LogP contribution in [0.15, 0.2) is 0 Å². The minimum absolute atomic E-state index is 0.0507. The van der Waals surface area contributed by atoms with E-state index in [1.54, 1.807) is 7.11 Å². The van der Waals surface area contributed by atoms with Crippen molar-refractivity contribution in [3.8, 4) is 0 Å². The van der Waals surface area contributed by atoms with Gasteiger partial charge in [-0.25, -0.2) is 4.79 Å². The molecular weight excluding hydrogens is 272 g/mol. The molecule has 0 aromatic rings. The lowest BCUT2D eigenvalue weighted by atomic mass is 9.80. The van der Waals surface area contributed by atoms with Crippen LogP contribution in [0.4, 0.5) is 4.79 Å². The third-order valence-electron chi connectivity index (χ3n) is 4.84. The first-order valence-electron chi connectivity index (χ1n) is 7.88. The third kappa shape index (κ3) is 4.09. The number of amides is 2. The standard InChI is InChI=1S/C15H26N2O4/c1-21-15(8-4-9-15)11-16-14(20)17-10-3-2-5-12(17)6-7-13(18)19/h12H,2-11H2,1H3,(H,16,20)(H,18,19). The second-order valence-electron chi connectivity index (χ2n) is 6.17. The number of carboxylic acids is 1. The zero-order valence-electron chi connectivity index (χ0n) is 12.8. The van der Waals surface area contributed by atoms with Crippen molar-refractivity contribution in [1.29, 1.82) is 0 Å². The lowest BCUT2D eigenvalue weighted by Crippen LogP contribution is -2.54. The van der Waals surface area contributed by atoms with E-state index < -0.39 is 5.97 Å². The first-order valence-corrected chi connectivity index (χ1v) is 7.88. The molecule has 6 nitrogen and oxygen atoms in total. The molecule has 0 bridgehead atoms. The molecule has 1 atom stereocenters. The first-order chi connectivity index (χ1) is 10.1. The van der Waals surface area contributed by atoms with E-state index >= 15 is 0 Å². The fourth-order valence-electron chi connectivity index (χ4n) is 3.22. The maximum Gasteiger partial charge on any atom is 0.317 e. The predicted octanol–water partition coefficient (Wildman–Crippen LogP) is 1.98. The van der Waals surface area contributed by atoms with Crippen LogP contribution in [0.2, 0.25) is 0 Å². The Morgan fingerprint density at radius 1 is 1.33 bits per heavy atom. The quantitative estimate of drug-likeness (QED) is 0.786. The van der Waals surface area contributed by atoms with Gasteiger partial charge < -0.3 is 20.1 Å². The van der Waals surface area contributed by atoms with Gasteiger partial charge in [0.2, 0.25) is 0 Å². The van der Waals surface area contributed by atoms with Gasteiger partial charge in [0.15, 0.2) is 0 Å². The van der Waals surface area contributed by atoms with Crippen LogP contribution < -0.4 is 5.32 Å². The molecule has 2 rings (SSSR count). The Hall–Kier alpha value is -1.30. The molecule has 2 aliphatic rings. The van der Waals surface area contributed by atoms with Crippen molar-refractivity contribution in [2.75, 3.05) is 20.2 Å². The van der Waals surface area contributed by atoms with E-state index in [2.05, 4.69) is 5.32 Å². The highest BCUT2D eigenvalue weighted by Crippen LogP contribution is 2.34. The Kier molecular flexibility index (Phi) is 5.45. The summed E-state index contributed by atoms with van der Waals surface area (Å²) in [4.78, 5) is 24.9. The van der Waals surface area contributed by atoms with E-state index in [-0.39, 0.29) is 24.1 Å². The van der Waals surface area contributed by atoms with Gasteiger partial charge >= 0.3 is 12.0 Å². The molecule has 1 aliphatic carbocycles. The maximum absolute atomic E-state index is 12.4. The number of carbonyl (C=O) groups excluding carboxylic acids is 1. The molecule has 2 fully saturated rings. The fourth-order valence-corrected chi connectivity index (χ4v) is 3.22. The number of carboxylic acid groups (broad SMARTS) is 1. The Morgan fingerprint density at radius 3 is 2.67 bits per heavy atom. The number of aliphatic carboxylic acids is 1. The summed E-state index contributed by atoms with van der Waals surface area (Å²) in [5.41, 5.74) is -0.179. The van der Waals surface area contributed by atoms with Crippen molar-refractivity contribution >= 4 is 12.0 Å². The van der Waals surface area contributed by atoms with Crippen molar-refractivity contribution in [3.05, 3.63) is 0 Å². The molecular formula is C15H26N2O4. The number of ether oxygens (including phenoxy) is 1. The Morgan fingerprint density at radius 2 is 2.10 bits per heavy atom. The summed E-state index contributed by atoms with van der Waals surface area (Å²) < 4.78 is 5.51. The van der Waals surface area contributed by atoms with Crippen LogP contribution in [0.5, 0.6) is 0 Å². The van der Waals surface area contributed by atoms with Gasteiger partial charge in [-0.2, -0.15) is 0 Å². The largest absolute Gasteiger partial charge is 0.481 e. The number of rotatable bonds is 6. The van der Waals surface area contributed by atoms with E-state index in [9.17, 15) is 9.59 Å². The molecule has 1 saturated heterocycles. The van der Waals surface area contributed by atoms with Gasteiger partial charge in [0.25, 0.3) is 0 Å². The minimum Gasteiger partial charge on any atom is -0.481 e. The molecule has 0 aromatic heterocycles. The lowest BCUT2D eigenvalue weighted by Gasteiger charge is -2.42. The second-order valence-corrected chi connectivity index (χ2v) is 6.17. The summed E-state index contributed by atoms with van der Waals surface area (Å²) in [5, 5.41) is 11.8. The van der Waals surface area contributed by atoms with Crippen molar-refractivity contribution in [2.24, 2.45) is 0 Å². The van der Waals surface area contributed by atoms with E-state index in [1.165, 1.54) is 0 Å². The summed E-state index contributed by atoms with van der Waals surface area (Å²) in [5.74, 6) is -0.797. The van der Waals surface area contributed by atoms with E-state index in [1.807, 2.05) is 4.90 Å². The van der Waals surface area contributed by atoms with Crippen molar-refractivity contribution in [2.45, 2.75) is 63.0 Å². The number of methoxy groups -OCH3 is 1. The van der Waals surface area contributed by atoms with Crippen LogP contribution in [0.25, 0.3) is 0 Å². The average molecular weight is 298 g/mol. The highest BCUT2D eigenvalue weighted by atomic mass is 16.5. The molecule has 0 aromatic carbocycles. The number of nitrogens with zero attached hydrogens (tertiary/aromatic N) is 1. The van der Waals surface area contributed by atoms with Gasteiger partial charge in [-0.15, -0.1) is 0 Å². The van der Waals surface area contributed by atoms with Gasteiger partial charge in [-0.1, -0.05) is 0 Å². The lowest BCUT2D eigenvalue weighted by molar-refractivity contribution is -0.137. The van der Waals surface area contributed by atoms with E-state index in [0.717, 1.165) is 45.1 Å². The van der Waals surface area contributed by atoms with Gasteiger partial charge in [-0.05, 0) is 44.9 Å². The summed E-state index contributed by atoms with van der Waals surface area (Å²) in [6, 6.07) is -0.0249. The zero-order chi connectivity index (χ0) is 15.3. The van der Waals surface area contributed by atoms with Gasteiger partial charge in [0.05, 0.1) is 5.60 Å². The second kappa shape index (κ2) is 7.11. The molecule has 6 heteroatoms. The number of urea groups is 1. The normalized spacial score (nSPS) is 24.2. The minimum atomic E-state index is -0.797. The summed E-state index contributed by atoms with van der Waals surface area (Å²) in [6.45, 7) is 1.26. The monoisotopic (exact) mass is 298 g/mol. The number of piperidine rings is 1. The molecule has 1 unspecified atom stereocenters. The Bertz CT molecular complexity index is 376. The molecule has 21 heavy (non-hydrogen) atoms.